The number of carboxylic acid groups (broad SMARTS) is 1. The van der Waals surface area contributed by atoms with Gasteiger partial charge in [0.05, 0.1) is 4.92 Å². The number of hydrogen-bond donors (Lipinski definition) is 2. The summed E-state index contributed by atoms with van der Waals surface area (Å²) in [7, 11) is 0. The largest absolute Gasteiger partial charge is 0.477 e. The van der Waals surface area contributed by atoms with E-state index in [1.54, 1.807) is 0 Å². The van der Waals surface area contributed by atoms with E-state index in [2.05, 4.69) is 20.2 Å². The van der Waals surface area contributed by atoms with E-state index in [0.29, 0.717) is 16.7 Å². The number of H-pyrrole nitrogens is 1. The van der Waals surface area contributed by atoms with Crippen molar-refractivity contribution < 1.29 is 14.8 Å². The van der Waals surface area contributed by atoms with Crippen LogP contribution in [0.5, 0.6) is 0 Å². The molecule has 10 heteroatoms. The number of benzene rings is 2. The Morgan fingerprint density at radius 2 is 1.89 bits per heavy atom. The molecule has 138 valence electrons. The molecule has 0 amide bonds. The Bertz CT molecular complexity index is 1250. The van der Waals surface area contributed by atoms with E-state index in [4.69, 9.17) is 0 Å². The van der Waals surface area contributed by atoms with Crippen LogP contribution in [-0.4, -0.2) is 36.2 Å². The summed E-state index contributed by atoms with van der Waals surface area (Å²) in [4.78, 5) is 29.3. The number of carbonyl (C=O) groups is 1. The van der Waals surface area contributed by atoms with Crippen molar-refractivity contribution in [2.24, 2.45) is 0 Å². The molecule has 0 aliphatic rings. The summed E-state index contributed by atoms with van der Waals surface area (Å²) in [6.07, 6.45) is 1.40. The highest BCUT2D eigenvalue weighted by Crippen LogP contribution is 2.28. The fourth-order valence-corrected chi connectivity index (χ4v) is 3.32. The second-order valence-corrected chi connectivity index (χ2v) is 6.74. The molecule has 2 aromatic carbocycles. The Hall–Kier alpha value is -3.79. The second kappa shape index (κ2) is 7.08. The average molecular weight is 393 g/mol. The molecule has 2 heterocycles. The molecule has 2 aromatic heterocycles. The molecule has 0 bridgehead atoms. The Morgan fingerprint density at radius 1 is 1.14 bits per heavy atom. The number of hydrogen-bond acceptors (Lipinski definition) is 7. The van der Waals surface area contributed by atoms with Crippen molar-refractivity contribution in [3.05, 3.63) is 69.1 Å². The summed E-state index contributed by atoms with van der Waals surface area (Å²) in [5.41, 5.74) is 2.42. The Morgan fingerprint density at radius 3 is 2.61 bits per heavy atom. The first-order valence-electron chi connectivity index (χ1n) is 8.00. The Balaban J connectivity index is 1.66. The molecule has 4 aromatic rings. The number of nitrogens with zero attached hydrogens (tertiary/aromatic N) is 4. The number of nitro groups is 1. The molecule has 0 spiro atoms. The molecule has 4 rings (SSSR count). The van der Waals surface area contributed by atoms with E-state index in [0.717, 1.165) is 22.7 Å². The van der Waals surface area contributed by atoms with E-state index < -0.39 is 10.9 Å². The molecule has 2 N–H and O–H groups in total. The lowest BCUT2D eigenvalue weighted by atomic mass is 10.2. The van der Waals surface area contributed by atoms with Gasteiger partial charge in [-0.1, -0.05) is 18.2 Å². The molecule has 28 heavy (non-hydrogen) atoms. The second-order valence-electron chi connectivity index (χ2n) is 5.73. The van der Waals surface area contributed by atoms with Gasteiger partial charge in [-0.3, -0.25) is 10.1 Å². The van der Waals surface area contributed by atoms with E-state index in [9.17, 15) is 20.0 Å². The Kier molecular flexibility index (Phi) is 4.45. The molecule has 0 aliphatic carbocycles. The highest BCUT2D eigenvalue weighted by molar-refractivity contribution is 8.04. The van der Waals surface area contributed by atoms with Gasteiger partial charge >= 0.3 is 5.97 Å². The summed E-state index contributed by atoms with van der Waals surface area (Å²) >= 11 is 0.850. The van der Waals surface area contributed by atoms with Crippen molar-refractivity contribution in [1.82, 2.24) is 20.2 Å². The minimum Gasteiger partial charge on any atom is -0.477 e. The Labute approximate surface area is 161 Å². The number of para-hydroxylation sites is 1. The minimum absolute atomic E-state index is 0.0360. The predicted octanol–water partition coefficient (Wildman–Crippen LogP) is 3.63. The van der Waals surface area contributed by atoms with Crippen molar-refractivity contribution in [2.45, 2.75) is 5.16 Å². The molecule has 9 nitrogen and oxygen atoms in total. The van der Waals surface area contributed by atoms with Crippen LogP contribution in [0.1, 0.15) is 5.56 Å². The van der Waals surface area contributed by atoms with Crippen LogP contribution in [0.2, 0.25) is 0 Å². The average Bonchev–Trinajstić information content (AvgIpc) is 3.05. The zero-order valence-corrected chi connectivity index (χ0v) is 14.9. The number of aromatic nitrogens is 4. The van der Waals surface area contributed by atoms with Gasteiger partial charge in [0.2, 0.25) is 5.16 Å². The van der Waals surface area contributed by atoms with Gasteiger partial charge in [-0.15, -0.1) is 10.2 Å². The van der Waals surface area contributed by atoms with Crippen molar-refractivity contribution in [2.75, 3.05) is 0 Å². The standard InChI is InChI=1S/C18H11N5O4S/c24-17(25)14(9-10-5-7-11(8-6-10)23(26)27)28-18-20-16-15(21-22-18)12-3-1-2-4-13(12)19-16/h1-9H,(H,24,25)(H,19,20,22). The highest BCUT2D eigenvalue weighted by Gasteiger charge is 2.15. The highest BCUT2D eigenvalue weighted by atomic mass is 32.2. The quantitative estimate of drug-likeness (QED) is 0.227. The number of aromatic amines is 1. The van der Waals surface area contributed by atoms with Crippen LogP contribution < -0.4 is 0 Å². The molecular weight excluding hydrogens is 382 g/mol. The van der Waals surface area contributed by atoms with Gasteiger partial charge in [-0.25, -0.2) is 9.78 Å². The lowest BCUT2D eigenvalue weighted by Gasteiger charge is -2.01. The van der Waals surface area contributed by atoms with Gasteiger partial charge in [0, 0.05) is 23.0 Å². The van der Waals surface area contributed by atoms with Crippen LogP contribution in [0.4, 0.5) is 5.69 Å². The summed E-state index contributed by atoms with van der Waals surface area (Å²) in [5.74, 6) is -1.16. The van der Waals surface area contributed by atoms with Gasteiger partial charge in [-0.2, -0.15) is 0 Å². The SMILES string of the molecule is O=C(O)C(=Cc1ccc([N+](=O)[O-])cc1)Sc1nnc2c(n1)[nH]c1ccccc12. The fourth-order valence-electron chi connectivity index (χ4n) is 2.63. The lowest BCUT2D eigenvalue weighted by Crippen LogP contribution is -1.99. The number of carboxylic acids is 1. The normalized spacial score (nSPS) is 11.8. The van der Waals surface area contributed by atoms with Gasteiger partial charge in [0.15, 0.2) is 5.65 Å². The van der Waals surface area contributed by atoms with Crippen molar-refractivity contribution in [3.8, 4) is 0 Å². The van der Waals surface area contributed by atoms with Gasteiger partial charge in [0.1, 0.15) is 10.4 Å². The number of nitrogens with one attached hydrogen (secondary N) is 1. The molecule has 0 saturated carbocycles. The number of aliphatic carboxylic acids is 1. The number of nitro benzene ring substituents is 1. The number of fused-ring (bicyclic) bond motifs is 3. The van der Waals surface area contributed by atoms with Crippen LogP contribution in [0, 0.1) is 10.1 Å². The van der Waals surface area contributed by atoms with E-state index in [-0.39, 0.29) is 15.7 Å². The zero-order chi connectivity index (χ0) is 19.7. The molecule has 0 unspecified atom stereocenters. The summed E-state index contributed by atoms with van der Waals surface area (Å²) < 4.78 is 0. The van der Waals surface area contributed by atoms with E-state index in [1.165, 1.54) is 30.3 Å². The van der Waals surface area contributed by atoms with E-state index in [1.807, 2.05) is 24.3 Å². The van der Waals surface area contributed by atoms with Crippen LogP contribution in [0.15, 0.2) is 58.6 Å². The zero-order valence-electron chi connectivity index (χ0n) is 14.1. The molecular formula is C18H11N5O4S. The van der Waals surface area contributed by atoms with Crippen LogP contribution >= 0.6 is 11.8 Å². The van der Waals surface area contributed by atoms with Gasteiger partial charge in [0.25, 0.3) is 5.69 Å². The molecule has 0 atom stereocenters. The predicted molar refractivity (Wildman–Crippen MR) is 104 cm³/mol. The van der Waals surface area contributed by atoms with Crippen LogP contribution in [-0.2, 0) is 4.79 Å². The van der Waals surface area contributed by atoms with Crippen LogP contribution in [0.25, 0.3) is 28.1 Å². The van der Waals surface area contributed by atoms with Gasteiger partial charge in [-0.05, 0) is 41.6 Å². The summed E-state index contributed by atoms with van der Waals surface area (Å²) in [6, 6.07) is 13.1. The first-order valence-corrected chi connectivity index (χ1v) is 8.81. The van der Waals surface area contributed by atoms with Crippen molar-refractivity contribution in [3.63, 3.8) is 0 Å². The van der Waals surface area contributed by atoms with E-state index >= 15 is 0 Å². The minimum atomic E-state index is -1.16. The van der Waals surface area contributed by atoms with Crippen molar-refractivity contribution in [1.29, 1.82) is 0 Å². The topological polar surface area (TPSA) is 135 Å². The monoisotopic (exact) mass is 393 g/mol. The maximum absolute atomic E-state index is 11.6. The van der Waals surface area contributed by atoms with Crippen LogP contribution in [0.3, 0.4) is 0 Å². The molecule has 0 radical (unpaired) electrons. The maximum Gasteiger partial charge on any atom is 0.342 e. The fraction of sp³-hybridized carbons (Fsp3) is 0. The van der Waals surface area contributed by atoms with Crippen molar-refractivity contribution >= 4 is 51.6 Å². The molecule has 0 fully saturated rings. The third-order valence-electron chi connectivity index (χ3n) is 3.92. The molecule has 0 saturated heterocycles. The smallest absolute Gasteiger partial charge is 0.342 e. The first kappa shape index (κ1) is 17.6. The molecule has 0 aliphatic heterocycles. The third kappa shape index (κ3) is 3.40. The summed E-state index contributed by atoms with van der Waals surface area (Å²) in [5, 5.41) is 29.4. The number of rotatable bonds is 5. The maximum atomic E-state index is 11.6. The number of thioether (sulfide) groups is 1. The summed E-state index contributed by atoms with van der Waals surface area (Å²) in [6.45, 7) is 0. The van der Waals surface area contributed by atoms with Gasteiger partial charge < -0.3 is 10.1 Å². The third-order valence-corrected chi connectivity index (χ3v) is 4.78. The lowest BCUT2D eigenvalue weighted by molar-refractivity contribution is -0.384. The number of non-ortho nitro benzene ring substituents is 1. The first-order chi connectivity index (χ1) is 13.5.